The predicted molar refractivity (Wildman–Crippen MR) is 67.5 cm³/mol. The first kappa shape index (κ1) is 12.6. The molecule has 2 N–H and O–H groups in total. The normalized spacial score (nSPS) is 22.2. The lowest BCUT2D eigenvalue weighted by Gasteiger charge is -2.35. The molecule has 0 aliphatic carbocycles. The molecule has 1 unspecified atom stereocenters. The fourth-order valence-electron chi connectivity index (χ4n) is 2.61. The van der Waals surface area contributed by atoms with Crippen LogP contribution in [0.2, 0.25) is 0 Å². The van der Waals surface area contributed by atoms with Crippen molar-refractivity contribution >= 4 is 0 Å². The van der Waals surface area contributed by atoms with Gasteiger partial charge in [0.15, 0.2) is 0 Å². The minimum absolute atomic E-state index is 0.527. The second kappa shape index (κ2) is 5.65. The zero-order valence-corrected chi connectivity index (χ0v) is 10.9. The predicted octanol–water partition coefficient (Wildman–Crippen LogP) is 1.80. The van der Waals surface area contributed by atoms with E-state index < -0.39 is 0 Å². The van der Waals surface area contributed by atoms with Gasteiger partial charge in [-0.15, -0.1) is 0 Å². The summed E-state index contributed by atoms with van der Waals surface area (Å²) >= 11 is 0. The van der Waals surface area contributed by atoms with Gasteiger partial charge in [-0.25, -0.2) is 0 Å². The summed E-state index contributed by atoms with van der Waals surface area (Å²) in [5, 5.41) is 3.84. The molecule has 1 fully saturated rings. The van der Waals surface area contributed by atoms with Crippen LogP contribution in [0.3, 0.4) is 0 Å². The van der Waals surface area contributed by atoms with E-state index in [2.05, 4.69) is 23.9 Å². The van der Waals surface area contributed by atoms with Crippen LogP contribution >= 0.6 is 0 Å². The van der Waals surface area contributed by atoms with Crippen LogP contribution in [0.15, 0.2) is 10.7 Å². The number of likely N-dealkylation sites (tertiary alicyclic amines) is 1. The second-order valence-corrected chi connectivity index (χ2v) is 5.28. The van der Waals surface area contributed by atoms with Gasteiger partial charge < -0.3 is 15.2 Å². The number of piperidine rings is 1. The van der Waals surface area contributed by atoms with Gasteiger partial charge in [-0.1, -0.05) is 5.16 Å². The minimum atomic E-state index is 0.527. The lowest BCUT2D eigenvalue weighted by molar-refractivity contribution is 0.135. The van der Waals surface area contributed by atoms with E-state index in [1.165, 1.54) is 25.9 Å². The minimum Gasteiger partial charge on any atom is -0.361 e. The molecule has 0 amide bonds. The third-order valence-electron chi connectivity index (χ3n) is 3.70. The molecule has 0 radical (unpaired) electrons. The van der Waals surface area contributed by atoms with Gasteiger partial charge in [-0.05, 0) is 39.2 Å². The molecule has 4 heteroatoms. The number of nitrogens with zero attached hydrogens (tertiary/aromatic N) is 2. The van der Waals surface area contributed by atoms with E-state index in [0.29, 0.717) is 18.5 Å². The molecule has 1 aliphatic heterocycles. The summed E-state index contributed by atoms with van der Waals surface area (Å²) in [7, 11) is 0. The molecular formula is C13H23N3O. The SMILES string of the molecule is CC(C)N1CCCC(Cc2oncc2CN)C1. The van der Waals surface area contributed by atoms with Crippen LogP contribution in [0.25, 0.3) is 0 Å². The highest BCUT2D eigenvalue weighted by atomic mass is 16.5. The van der Waals surface area contributed by atoms with E-state index in [1.807, 2.05) is 0 Å². The maximum Gasteiger partial charge on any atom is 0.141 e. The van der Waals surface area contributed by atoms with E-state index >= 15 is 0 Å². The first-order valence-electron chi connectivity index (χ1n) is 6.57. The number of aromatic nitrogens is 1. The number of hydrogen-bond acceptors (Lipinski definition) is 4. The monoisotopic (exact) mass is 237 g/mol. The number of rotatable bonds is 4. The van der Waals surface area contributed by atoms with E-state index in [1.54, 1.807) is 6.20 Å². The van der Waals surface area contributed by atoms with E-state index in [0.717, 1.165) is 17.7 Å². The molecule has 96 valence electrons. The largest absolute Gasteiger partial charge is 0.361 e. The van der Waals surface area contributed by atoms with Gasteiger partial charge in [-0.3, -0.25) is 0 Å². The summed E-state index contributed by atoms with van der Waals surface area (Å²) in [5.74, 6) is 1.67. The van der Waals surface area contributed by atoms with Gasteiger partial charge >= 0.3 is 0 Å². The fraction of sp³-hybridized carbons (Fsp3) is 0.769. The van der Waals surface area contributed by atoms with Crippen LogP contribution in [0, 0.1) is 5.92 Å². The summed E-state index contributed by atoms with van der Waals surface area (Å²) in [4.78, 5) is 2.55. The van der Waals surface area contributed by atoms with Crippen LogP contribution in [-0.4, -0.2) is 29.2 Å². The van der Waals surface area contributed by atoms with Gasteiger partial charge in [0.05, 0.1) is 6.20 Å². The molecule has 1 aromatic rings. The molecule has 1 atom stereocenters. The third-order valence-corrected chi connectivity index (χ3v) is 3.70. The number of nitrogens with two attached hydrogens (primary N) is 1. The molecule has 0 spiro atoms. The Labute approximate surface area is 103 Å². The van der Waals surface area contributed by atoms with Gasteiger partial charge in [0.25, 0.3) is 0 Å². The van der Waals surface area contributed by atoms with Crippen molar-refractivity contribution in [3.63, 3.8) is 0 Å². The average Bonchev–Trinajstić information content (AvgIpc) is 2.76. The van der Waals surface area contributed by atoms with E-state index in [9.17, 15) is 0 Å². The Balaban J connectivity index is 1.94. The second-order valence-electron chi connectivity index (χ2n) is 5.28. The Morgan fingerprint density at radius 1 is 1.59 bits per heavy atom. The molecule has 2 rings (SSSR count). The molecule has 0 saturated carbocycles. The van der Waals surface area contributed by atoms with Gasteiger partial charge in [0.1, 0.15) is 5.76 Å². The fourth-order valence-corrected chi connectivity index (χ4v) is 2.61. The van der Waals surface area contributed by atoms with Crippen LogP contribution in [0.5, 0.6) is 0 Å². The maximum absolute atomic E-state index is 5.67. The van der Waals surface area contributed by atoms with Crippen molar-refractivity contribution in [3.8, 4) is 0 Å². The third kappa shape index (κ3) is 3.07. The van der Waals surface area contributed by atoms with Crippen LogP contribution in [0.1, 0.15) is 38.0 Å². The van der Waals surface area contributed by atoms with Crippen molar-refractivity contribution in [2.75, 3.05) is 13.1 Å². The lowest BCUT2D eigenvalue weighted by atomic mass is 9.92. The average molecular weight is 237 g/mol. The topological polar surface area (TPSA) is 55.3 Å². The van der Waals surface area contributed by atoms with Crippen molar-refractivity contribution in [3.05, 3.63) is 17.5 Å². The summed E-state index contributed by atoms with van der Waals surface area (Å²) in [6.45, 7) is 7.46. The molecular weight excluding hydrogens is 214 g/mol. The van der Waals surface area contributed by atoms with Gasteiger partial charge in [-0.2, -0.15) is 0 Å². The molecule has 0 aromatic carbocycles. The zero-order chi connectivity index (χ0) is 12.3. The molecule has 0 bridgehead atoms. The highest BCUT2D eigenvalue weighted by Gasteiger charge is 2.23. The van der Waals surface area contributed by atoms with Crippen molar-refractivity contribution in [1.29, 1.82) is 0 Å². The first-order chi connectivity index (χ1) is 8.20. The Bertz CT molecular complexity index is 348. The van der Waals surface area contributed by atoms with Gasteiger partial charge in [0, 0.05) is 31.1 Å². The molecule has 17 heavy (non-hydrogen) atoms. The maximum atomic E-state index is 5.67. The molecule has 4 nitrogen and oxygen atoms in total. The Morgan fingerprint density at radius 3 is 3.12 bits per heavy atom. The Hall–Kier alpha value is -0.870. The molecule has 1 saturated heterocycles. The summed E-state index contributed by atoms with van der Waals surface area (Å²) in [6, 6.07) is 0.640. The van der Waals surface area contributed by atoms with Crippen molar-refractivity contribution < 1.29 is 4.52 Å². The van der Waals surface area contributed by atoms with Crippen molar-refractivity contribution in [1.82, 2.24) is 10.1 Å². The highest BCUT2D eigenvalue weighted by molar-refractivity contribution is 5.13. The Morgan fingerprint density at radius 2 is 2.41 bits per heavy atom. The summed E-state index contributed by atoms with van der Waals surface area (Å²) in [5.41, 5.74) is 6.73. The van der Waals surface area contributed by atoms with Crippen LogP contribution < -0.4 is 5.73 Å². The molecule has 2 heterocycles. The quantitative estimate of drug-likeness (QED) is 0.867. The molecule has 1 aromatic heterocycles. The van der Waals surface area contributed by atoms with Crippen molar-refractivity contribution in [2.24, 2.45) is 11.7 Å². The summed E-state index contributed by atoms with van der Waals surface area (Å²) in [6.07, 6.45) is 5.30. The van der Waals surface area contributed by atoms with E-state index in [4.69, 9.17) is 10.3 Å². The van der Waals surface area contributed by atoms with E-state index in [-0.39, 0.29) is 0 Å². The highest BCUT2D eigenvalue weighted by Crippen LogP contribution is 2.23. The summed E-state index contributed by atoms with van der Waals surface area (Å²) < 4.78 is 5.31. The molecule has 1 aliphatic rings. The van der Waals surface area contributed by atoms with Crippen molar-refractivity contribution in [2.45, 2.75) is 45.7 Å². The first-order valence-corrected chi connectivity index (χ1v) is 6.57. The van der Waals surface area contributed by atoms with Crippen LogP contribution in [-0.2, 0) is 13.0 Å². The number of hydrogen-bond donors (Lipinski definition) is 1. The Kier molecular flexibility index (Phi) is 4.18. The van der Waals surface area contributed by atoms with Gasteiger partial charge in [0.2, 0.25) is 0 Å². The lowest BCUT2D eigenvalue weighted by Crippen LogP contribution is -2.40. The smallest absolute Gasteiger partial charge is 0.141 e. The van der Waals surface area contributed by atoms with Crippen LogP contribution in [0.4, 0.5) is 0 Å². The standard InChI is InChI=1S/C13H23N3O/c1-10(2)16-5-3-4-11(9-16)6-13-12(7-14)8-15-17-13/h8,10-11H,3-7,9,14H2,1-2H3. The zero-order valence-electron chi connectivity index (χ0n) is 10.9.